The largest absolute Gasteiger partial charge is 0.387 e. The monoisotopic (exact) mass is 291 g/mol. The van der Waals surface area contributed by atoms with E-state index < -0.39 is 4.92 Å². The first-order valence-corrected chi connectivity index (χ1v) is 7.23. The van der Waals surface area contributed by atoms with Crippen LogP contribution in [-0.2, 0) is 0 Å². The van der Waals surface area contributed by atoms with Crippen molar-refractivity contribution in [3.8, 4) is 0 Å². The van der Waals surface area contributed by atoms with Gasteiger partial charge in [-0.1, -0.05) is 13.8 Å². The number of likely N-dealkylation sites (tertiary alicyclic amines) is 1. The summed E-state index contributed by atoms with van der Waals surface area (Å²) in [6.45, 7) is 4.92. The van der Waals surface area contributed by atoms with Gasteiger partial charge in [0.15, 0.2) is 0 Å². The molecule has 0 saturated carbocycles. The fraction of sp³-hybridized carbons (Fsp3) is 0.533. The van der Waals surface area contributed by atoms with Gasteiger partial charge in [-0.25, -0.2) is 0 Å². The van der Waals surface area contributed by atoms with Crippen LogP contribution in [-0.4, -0.2) is 35.4 Å². The van der Waals surface area contributed by atoms with Crippen LogP contribution in [0.2, 0.25) is 0 Å². The van der Waals surface area contributed by atoms with E-state index in [1.165, 1.54) is 12.1 Å². The first-order valence-electron chi connectivity index (χ1n) is 7.23. The molecule has 1 aliphatic rings. The van der Waals surface area contributed by atoms with Gasteiger partial charge in [0.2, 0.25) is 0 Å². The highest BCUT2D eigenvalue weighted by molar-refractivity contribution is 6.00. The average molecular weight is 291 g/mol. The quantitative estimate of drug-likeness (QED) is 0.683. The van der Waals surface area contributed by atoms with Crippen LogP contribution in [0, 0.1) is 16.0 Å². The van der Waals surface area contributed by atoms with Crippen LogP contribution in [0.3, 0.4) is 0 Å². The van der Waals surface area contributed by atoms with Crippen molar-refractivity contribution >= 4 is 17.3 Å². The van der Waals surface area contributed by atoms with Gasteiger partial charge in [-0.15, -0.1) is 0 Å². The van der Waals surface area contributed by atoms with Gasteiger partial charge in [-0.3, -0.25) is 14.9 Å². The van der Waals surface area contributed by atoms with Crippen molar-refractivity contribution in [3.05, 3.63) is 33.9 Å². The van der Waals surface area contributed by atoms with Gasteiger partial charge >= 0.3 is 0 Å². The number of carbonyl (C=O) groups excluding carboxylic acids is 1. The van der Waals surface area contributed by atoms with Crippen molar-refractivity contribution in [3.63, 3.8) is 0 Å². The minimum Gasteiger partial charge on any atom is -0.387 e. The SMILES string of the molecule is CNc1ccc([N+](=O)[O-])cc1C(=O)N1CCCC1C(C)C. The first kappa shape index (κ1) is 15.3. The van der Waals surface area contributed by atoms with Crippen molar-refractivity contribution in [2.75, 3.05) is 18.9 Å². The second-order valence-electron chi connectivity index (χ2n) is 5.69. The lowest BCUT2D eigenvalue weighted by atomic mass is 10.0. The summed E-state index contributed by atoms with van der Waals surface area (Å²) in [4.78, 5) is 25.1. The number of rotatable bonds is 4. The molecule has 1 fully saturated rings. The lowest BCUT2D eigenvalue weighted by molar-refractivity contribution is -0.384. The lowest BCUT2D eigenvalue weighted by Gasteiger charge is -2.28. The Bertz CT molecular complexity index is 557. The highest BCUT2D eigenvalue weighted by atomic mass is 16.6. The van der Waals surface area contributed by atoms with Gasteiger partial charge in [-0.05, 0) is 24.8 Å². The van der Waals surface area contributed by atoms with E-state index in [4.69, 9.17) is 0 Å². The van der Waals surface area contributed by atoms with Gasteiger partial charge in [0.05, 0.1) is 10.5 Å². The van der Waals surface area contributed by atoms with Crippen LogP contribution < -0.4 is 5.32 Å². The number of nitro groups is 1. The van der Waals surface area contributed by atoms with Crippen LogP contribution >= 0.6 is 0 Å². The molecule has 1 aromatic rings. The summed E-state index contributed by atoms with van der Waals surface area (Å²) >= 11 is 0. The second-order valence-corrected chi connectivity index (χ2v) is 5.69. The van der Waals surface area contributed by atoms with Crippen molar-refractivity contribution in [2.24, 2.45) is 5.92 Å². The molecule has 1 amide bonds. The maximum Gasteiger partial charge on any atom is 0.270 e. The Hall–Kier alpha value is -2.11. The molecule has 1 aromatic carbocycles. The fourth-order valence-corrected chi connectivity index (χ4v) is 2.93. The zero-order chi connectivity index (χ0) is 15.6. The summed E-state index contributed by atoms with van der Waals surface area (Å²) in [7, 11) is 1.71. The molecule has 1 N–H and O–H groups in total. The normalized spacial score (nSPS) is 18.1. The molecular weight excluding hydrogens is 270 g/mol. The maximum absolute atomic E-state index is 12.8. The third kappa shape index (κ3) is 2.99. The number of nitrogens with one attached hydrogen (secondary N) is 1. The summed E-state index contributed by atoms with van der Waals surface area (Å²) in [6, 6.07) is 4.57. The molecule has 1 heterocycles. The molecule has 114 valence electrons. The number of amides is 1. The predicted octanol–water partition coefficient (Wildman–Crippen LogP) is 2.90. The number of hydrogen-bond donors (Lipinski definition) is 1. The van der Waals surface area contributed by atoms with E-state index in [2.05, 4.69) is 19.2 Å². The van der Waals surface area contributed by atoms with Crippen LogP contribution in [0.5, 0.6) is 0 Å². The minimum atomic E-state index is -0.472. The molecule has 6 heteroatoms. The minimum absolute atomic E-state index is 0.0577. The average Bonchev–Trinajstić information content (AvgIpc) is 2.95. The zero-order valence-corrected chi connectivity index (χ0v) is 12.6. The number of non-ortho nitro benzene ring substituents is 1. The molecule has 6 nitrogen and oxygen atoms in total. The van der Waals surface area contributed by atoms with Gasteiger partial charge in [0.1, 0.15) is 0 Å². The molecule has 2 rings (SSSR count). The van der Waals surface area contributed by atoms with Crippen molar-refractivity contribution in [2.45, 2.75) is 32.7 Å². The standard InChI is InChI=1S/C15H21N3O3/c1-10(2)14-5-4-8-17(14)15(19)12-9-11(18(20)21)6-7-13(12)16-3/h6-7,9-10,14,16H,4-5,8H2,1-3H3. The molecule has 0 spiro atoms. The van der Waals surface area contributed by atoms with Crippen LogP contribution in [0.15, 0.2) is 18.2 Å². The third-order valence-corrected chi connectivity index (χ3v) is 4.04. The van der Waals surface area contributed by atoms with E-state index in [-0.39, 0.29) is 17.6 Å². The van der Waals surface area contributed by atoms with E-state index >= 15 is 0 Å². The Morgan fingerprint density at radius 1 is 1.48 bits per heavy atom. The molecule has 0 bridgehead atoms. The van der Waals surface area contributed by atoms with Gasteiger partial charge in [0, 0.05) is 37.5 Å². The third-order valence-electron chi connectivity index (χ3n) is 4.04. The Balaban J connectivity index is 2.37. The fourth-order valence-electron chi connectivity index (χ4n) is 2.93. The summed E-state index contributed by atoms with van der Waals surface area (Å²) in [6.07, 6.45) is 1.98. The number of anilines is 1. The topological polar surface area (TPSA) is 75.5 Å². The number of carbonyl (C=O) groups is 1. The highest BCUT2D eigenvalue weighted by Crippen LogP contribution is 2.29. The second kappa shape index (κ2) is 6.11. The number of nitro benzene ring substituents is 1. The molecule has 1 saturated heterocycles. The van der Waals surface area contributed by atoms with E-state index in [9.17, 15) is 14.9 Å². The summed E-state index contributed by atoms with van der Waals surface area (Å²) in [5, 5.41) is 13.9. The smallest absolute Gasteiger partial charge is 0.270 e. The molecule has 1 atom stereocenters. The van der Waals surface area contributed by atoms with Gasteiger partial charge in [0.25, 0.3) is 11.6 Å². The van der Waals surface area contributed by atoms with E-state index in [1.807, 2.05) is 4.90 Å². The Labute approximate surface area is 124 Å². The number of hydrogen-bond acceptors (Lipinski definition) is 4. The predicted molar refractivity (Wildman–Crippen MR) is 81.5 cm³/mol. The van der Waals surface area contributed by atoms with Crippen LogP contribution in [0.25, 0.3) is 0 Å². The Morgan fingerprint density at radius 3 is 2.76 bits per heavy atom. The molecule has 0 aromatic heterocycles. The first-order chi connectivity index (χ1) is 9.95. The molecular formula is C15H21N3O3. The van der Waals surface area contributed by atoms with Crippen molar-refractivity contribution in [1.29, 1.82) is 0 Å². The van der Waals surface area contributed by atoms with E-state index in [0.717, 1.165) is 12.8 Å². The molecule has 1 aliphatic heterocycles. The number of benzene rings is 1. The van der Waals surface area contributed by atoms with E-state index in [1.54, 1.807) is 13.1 Å². The molecule has 0 radical (unpaired) electrons. The molecule has 0 aliphatic carbocycles. The summed E-state index contributed by atoms with van der Waals surface area (Å²) in [5.41, 5.74) is 0.942. The summed E-state index contributed by atoms with van der Waals surface area (Å²) < 4.78 is 0. The number of nitrogens with zero attached hydrogens (tertiary/aromatic N) is 2. The van der Waals surface area contributed by atoms with Crippen molar-refractivity contribution in [1.82, 2.24) is 4.90 Å². The van der Waals surface area contributed by atoms with E-state index in [0.29, 0.717) is 23.7 Å². The molecule has 21 heavy (non-hydrogen) atoms. The Kier molecular flexibility index (Phi) is 4.45. The van der Waals surface area contributed by atoms with Crippen LogP contribution in [0.1, 0.15) is 37.0 Å². The maximum atomic E-state index is 12.8. The van der Waals surface area contributed by atoms with Gasteiger partial charge < -0.3 is 10.2 Å². The van der Waals surface area contributed by atoms with Gasteiger partial charge in [-0.2, -0.15) is 0 Å². The van der Waals surface area contributed by atoms with Crippen LogP contribution in [0.4, 0.5) is 11.4 Å². The molecule has 1 unspecified atom stereocenters. The summed E-state index contributed by atoms with van der Waals surface area (Å²) in [5.74, 6) is 0.257. The van der Waals surface area contributed by atoms with Crippen molar-refractivity contribution < 1.29 is 9.72 Å². The Morgan fingerprint density at radius 2 is 2.19 bits per heavy atom. The highest BCUT2D eigenvalue weighted by Gasteiger charge is 2.32. The zero-order valence-electron chi connectivity index (χ0n) is 12.6. The lowest BCUT2D eigenvalue weighted by Crippen LogP contribution is -2.38.